The highest BCUT2D eigenvalue weighted by Gasteiger charge is 2.14. The van der Waals surface area contributed by atoms with E-state index in [1.165, 1.54) is 0 Å². The van der Waals surface area contributed by atoms with E-state index >= 15 is 0 Å². The van der Waals surface area contributed by atoms with Crippen LogP contribution in [-0.4, -0.2) is 18.2 Å². The van der Waals surface area contributed by atoms with Crippen LogP contribution in [0.4, 0.5) is 0 Å². The first-order valence-corrected chi connectivity index (χ1v) is 5.42. The molecule has 0 spiro atoms. The van der Waals surface area contributed by atoms with Crippen molar-refractivity contribution in [1.29, 1.82) is 0 Å². The second kappa shape index (κ2) is 6.05. The maximum atomic E-state index is 11.6. The van der Waals surface area contributed by atoms with Crippen LogP contribution in [0.15, 0.2) is 30.3 Å². The molecule has 0 aliphatic rings. The molecule has 0 aromatic heterocycles. The summed E-state index contributed by atoms with van der Waals surface area (Å²) in [5.74, 6) is 0.00854. The first kappa shape index (κ1) is 12.4. The van der Waals surface area contributed by atoms with E-state index in [-0.39, 0.29) is 11.8 Å². The van der Waals surface area contributed by atoms with Gasteiger partial charge in [-0.05, 0) is 11.5 Å². The number of carbonyl (C=O) groups excluding carboxylic acids is 2. The van der Waals surface area contributed by atoms with Crippen molar-refractivity contribution in [3.05, 3.63) is 35.9 Å². The highest BCUT2D eigenvalue weighted by atomic mass is 16.2. The van der Waals surface area contributed by atoms with Crippen LogP contribution in [0.3, 0.4) is 0 Å². The van der Waals surface area contributed by atoms with Crippen molar-refractivity contribution < 1.29 is 9.59 Å². The Balaban J connectivity index is 2.50. The Hall–Kier alpha value is -1.64. The van der Waals surface area contributed by atoms with Gasteiger partial charge in [-0.25, -0.2) is 0 Å². The van der Waals surface area contributed by atoms with Gasteiger partial charge >= 0.3 is 0 Å². The van der Waals surface area contributed by atoms with E-state index in [0.29, 0.717) is 6.42 Å². The van der Waals surface area contributed by atoms with Crippen LogP contribution in [0.5, 0.6) is 0 Å². The maximum Gasteiger partial charge on any atom is 0.224 e. The molecule has 0 saturated carbocycles. The third-order valence-electron chi connectivity index (χ3n) is 2.40. The Morgan fingerprint density at radius 1 is 1.31 bits per heavy atom. The Morgan fingerprint density at radius 2 is 1.94 bits per heavy atom. The van der Waals surface area contributed by atoms with Crippen molar-refractivity contribution >= 4 is 12.2 Å². The monoisotopic (exact) mass is 219 g/mol. The third-order valence-corrected chi connectivity index (χ3v) is 2.40. The second-order valence-corrected chi connectivity index (χ2v) is 4.14. The molecule has 0 bridgehead atoms. The van der Waals surface area contributed by atoms with E-state index in [4.69, 9.17) is 0 Å². The number of nitrogens with one attached hydrogen (secondary N) is 1. The maximum absolute atomic E-state index is 11.6. The van der Waals surface area contributed by atoms with Gasteiger partial charge in [0, 0.05) is 0 Å². The minimum atomic E-state index is -0.392. The van der Waals surface area contributed by atoms with Gasteiger partial charge in [0.15, 0.2) is 0 Å². The van der Waals surface area contributed by atoms with Crippen molar-refractivity contribution in [3.8, 4) is 0 Å². The zero-order valence-corrected chi connectivity index (χ0v) is 9.64. The number of hydrogen-bond donors (Lipinski definition) is 1. The lowest BCUT2D eigenvalue weighted by atomic mass is 10.1. The molecule has 0 radical (unpaired) electrons. The van der Waals surface area contributed by atoms with Gasteiger partial charge in [-0.15, -0.1) is 0 Å². The van der Waals surface area contributed by atoms with E-state index in [1.54, 1.807) is 0 Å². The van der Waals surface area contributed by atoms with Crippen LogP contribution < -0.4 is 5.32 Å². The number of carbonyl (C=O) groups is 2. The van der Waals surface area contributed by atoms with Crippen molar-refractivity contribution in [2.75, 3.05) is 0 Å². The van der Waals surface area contributed by atoms with Crippen molar-refractivity contribution in [3.63, 3.8) is 0 Å². The second-order valence-electron chi connectivity index (χ2n) is 4.14. The van der Waals surface area contributed by atoms with Gasteiger partial charge in [0.25, 0.3) is 0 Å². The number of benzene rings is 1. The summed E-state index contributed by atoms with van der Waals surface area (Å²) in [6.45, 7) is 3.81. The fraction of sp³-hybridized carbons (Fsp3) is 0.385. The van der Waals surface area contributed by atoms with E-state index in [0.717, 1.165) is 11.8 Å². The van der Waals surface area contributed by atoms with Crippen molar-refractivity contribution in [2.45, 2.75) is 26.3 Å². The molecule has 1 rings (SSSR count). The summed E-state index contributed by atoms with van der Waals surface area (Å²) < 4.78 is 0. The summed E-state index contributed by atoms with van der Waals surface area (Å²) in [6, 6.07) is 9.08. The molecule has 86 valence electrons. The number of rotatable bonds is 5. The van der Waals surface area contributed by atoms with Gasteiger partial charge in [0.1, 0.15) is 6.29 Å². The predicted molar refractivity (Wildman–Crippen MR) is 63.0 cm³/mol. The largest absolute Gasteiger partial charge is 0.346 e. The van der Waals surface area contributed by atoms with Crippen molar-refractivity contribution in [2.24, 2.45) is 5.92 Å². The summed E-state index contributed by atoms with van der Waals surface area (Å²) in [7, 11) is 0. The first-order chi connectivity index (χ1) is 7.63. The summed E-state index contributed by atoms with van der Waals surface area (Å²) >= 11 is 0. The molecular formula is C13H17NO2. The minimum absolute atomic E-state index is 0.114. The molecule has 0 heterocycles. The fourth-order valence-corrected chi connectivity index (χ4v) is 1.38. The molecule has 0 saturated heterocycles. The van der Waals surface area contributed by atoms with Crippen molar-refractivity contribution in [1.82, 2.24) is 5.32 Å². The van der Waals surface area contributed by atoms with Gasteiger partial charge in [-0.3, -0.25) is 4.79 Å². The van der Waals surface area contributed by atoms with E-state index < -0.39 is 6.04 Å². The predicted octanol–water partition coefficient (Wildman–Crippen LogP) is 1.57. The van der Waals surface area contributed by atoms with E-state index in [9.17, 15) is 9.59 Å². The molecule has 3 heteroatoms. The molecular weight excluding hydrogens is 202 g/mol. The lowest BCUT2D eigenvalue weighted by molar-refractivity contribution is -0.124. The number of aldehydes is 1. The molecule has 1 aromatic carbocycles. The van der Waals surface area contributed by atoms with Gasteiger partial charge in [-0.1, -0.05) is 44.2 Å². The highest BCUT2D eigenvalue weighted by molar-refractivity contribution is 5.81. The smallest absolute Gasteiger partial charge is 0.224 e. The Labute approximate surface area is 95.9 Å². The summed E-state index contributed by atoms with van der Waals surface area (Å²) in [4.78, 5) is 22.3. The topological polar surface area (TPSA) is 46.2 Å². The molecule has 1 atom stereocenters. The quantitative estimate of drug-likeness (QED) is 0.764. The SMILES string of the molecule is CC(C)C(C=O)NC(=O)Cc1ccccc1. The lowest BCUT2D eigenvalue weighted by Crippen LogP contribution is -2.40. The zero-order valence-electron chi connectivity index (χ0n) is 9.64. The van der Waals surface area contributed by atoms with Gasteiger partial charge in [0.05, 0.1) is 12.5 Å². The number of amides is 1. The summed E-state index contributed by atoms with van der Waals surface area (Å²) in [5, 5.41) is 2.71. The molecule has 0 aliphatic heterocycles. The molecule has 0 aliphatic carbocycles. The Kier molecular flexibility index (Phi) is 4.70. The standard InChI is InChI=1S/C13H17NO2/c1-10(2)12(9-15)14-13(16)8-11-6-4-3-5-7-11/h3-7,9-10,12H,8H2,1-2H3,(H,14,16). The zero-order chi connectivity index (χ0) is 12.0. The van der Waals surface area contributed by atoms with Gasteiger partial charge in [0.2, 0.25) is 5.91 Å². The van der Waals surface area contributed by atoms with Crippen LogP contribution in [-0.2, 0) is 16.0 Å². The first-order valence-electron chi connectivity index (χ1n) is 5.42. The van der Waals surface area contributed by atoms with Crippen LogP contribution >= 0.6 is 0 Å². The lowest BCUT2D eigenvalue weighted by Gasteiger charge is -2.15. The van der Waals surface area contributed by atoms with Gasteiger partial charge in [-0.2, -0.15) is 0 Å². The molecule has 1 amide bonds. The molecule has 0 fully saturated rings. The van der Waals surface area contributed by atoms with E-state index in [2.05, 4.69) is 5.32 Å². The average Bonchev–Trinajstić information content (AvgIpc) is 2.27. The minimum Gasteiger partial charge on any atom is -0.346 e. The van der Waals surface area contributed by atoms with Crippen LogP contribution in [0, 0.1) is 5.92 Å². The normalized spacial score (nSPS) is 12.2. The molecule has 1 N–H and O–H groups in total. The molecule has 3 nitrogen and oxygen atoms in total. The van der Waals surface area contributed by atoms with Crippen LogP contribution in [0.2, 0.25) is 0 Å². The summed E-state index contributed by atoms with van der Waals surface area (Å²) in [6.07, 6.45) is 1.10. The average molecular weight is 219 g/mol. The molecule has 1 unspecified atom stereocenters. The molecule has 1 aromatic rings. The fourth-order valence-electron chi connectivity index (χ4n) is 1.38. The molecule has 16 heavy (non-hydrogen) atoms. The van der Waals surface area contributed by atoms with Gasteiger partial charge < -0.3 is 10.1 Å². The third kappa shape index (κ3) is 3.85. The van der Waals surface area contributed by atoms with Crippen LogP contribution in [0.25, 0.3) is 0 Å². The summed E-state index contributed by atoms with van der Waals surface area (Å²) in [5.41, 5.74) is 0.952. The van der Waals surface area contributed by atoms with E-state index in [1.807, 2.05) is 44.2 Å². The number of hydrogen-bond acceptors (Lipinski definition) is 2. The highest BCUT2D eigenvalue weighted by Crippen LogP contribution is 2.02. The Morgan fingerprint density at radius 3 is 2.44 bits per heavy atom. The Bertz CT molecular complexity index is 346. The van der Waals surface area contributed by atoms with Crippen LogP contribution in [0.1, 0.15) is 19.4 Å².